The number of rotatable bonds is 5. The van der Waals surface area contributed by atoms with Crippen molar-refractivity contribution in [2.75, 3.05) is 5.32 Å². The number of benzene rings is 1. The van der Waals surface area contributed by atoms with E-state index in [1.807, 2.05) is 31.2 Å². The van der Waals surface area contributed by atoms with Crippen LogP contribution in [0.15, 0.2) is 43.0 Å². The second-order valence-corrected chi connectivity index (χ2v) is 5.59. The molecule has 0 bridgehead atoms. The zero-order chi connectivity index (χ0) is 16.2. The number of carbonyl (C=O) groups is 1. The molecule has 3 aromatic rings. The molecule has 2 aromatic heterocycles. The SMILES string of the molecule is Cc1cnn(CC(=O)Nc2ncn(Cc3ccc(Cl)cc3)n2)c1. The maximum atomic E-state index is 11.9. The van der Waals surface area contributed by atoms with E-state index in [1.165, 1.54) is 0 Å². The Hall–Kier alpha value is -2.67. The Kier molecular flexibility index (Phi) is 4.38. The fourth-order valence-electron chi connectivity index (χ4n) is 2.07. The van der Waals surface area contributed by atoms with Crippen LogP contribution < -0.4 is 5.32 Å². The van der Waals surface area contributed by atoms with E-state index >= 15 is 0 Å². The smallest absolute Gasteiger partial charge is 0.248 e. The molecular weight excluding hydrogens is 316 g/mol. The van der Waals surface area contributed by atoms with Crippen molar-refractivity contribution < 1.29 is 4.79 Å². The maximum absolute atomic E-state index is 11.9. The molecule has 8 heteroatoms. The molecule has 118 valence electrons. The molecule has 7 nitrogen and oxygen atoms in total. The summed E-state index contributed by atoms with van der Waals surface area (Å²) in [6, 6.07) is 7.48. The van der Waals surface area contributed by atoms with E-state index in [9.17, 15) is 4.79 Å². The second-order valence-electron chi connectivity index (χ2n) is 5.16. The lowest BCUT2D eigenvalue weighted by Crippen LogP contribution is -2.20. The zero-order valence-corrected chi connectivity index (χ0v) is 13.2. The van der Waals surface area contributed by atoms with E-state index in [0.717, 1.165) is 11.1 Å². The lowest BCUT2D eigenvalue weighted by molar-refractivity contribution is -0.116. The first-order valence-electron chi connectivity index (χ1n) is 7.01. The van der Waals surface area contributed by atoms with Crippen molar-refractivity contribution in [3.05, 3.63) is 59.1 Å². The minimum absolute atomic E-state index is 0.125. The molecule has 2 heterocycles. The van der Waals surface area contributed by atoms with Gasteiger partial charge in [0.05, 0.1) is 12.7 Å². The van der Waals surface area contributed by atoms with Gasteiger partial charge in [0.2, 0.25) is 11.9 Å². The van der Waals surface area contributed by atoms with Gasteiger partial charge in [-0.3, -0.25) is 14.8 Å². The van der Waals surface area contributed by atoms with Gasteiger partial charge in [-0.15, -0.1) is 5.10 Å². The van der Waals surface area contributed by atoms with Gasteiger partial charge in [0.25, 0.3) is 0 Å². The molecule has 0 aliphatic rings. The Morgan fingerprint density at radius 2 is 2.04 bits per heavy atom. The number of hydrogen-bond donors (Lipinski definition) is 1. The van der Waals surface area contributed by atoms with Gasteiger partial charge < -0.3 is 0 Å². The monoisotopic (exact) mass is 330 g/mol. The van der Waals surface area contributed by atoms with Crippen LogP contribution >= 0.6 is 11.6 Å². The maximum Gasteiger partial charge on any atom is 0.248 e. The summed E-state index contributed by atoms with van der Waals surface area (Å²) in [5, 5.41) is 11.6. The van der Waals surface area contributed by atoms with Crippen LogP contribution in [0.5, 0.6) is 0 Å². The lowest BCUT2D eigenvalue weighted by atomic mass is 10.2. The predicted molar refractivity (Wildman–Crippen MR) is 86.2 cm³/mol. The van der Waals surface area contributed by atoms with Gasteiger partial charge in [0.15, 0.2) is 0 Å². The molecule has 0 radical (unpaired) electrons. The standard InChI is InChI=1S/C15H15ClN6O/c1-11-6-18-21(7-11)9-14(23)19-15-17-10-22(20-15)8-12-2-4-13(16)5-3-12/h2-7,10H,8-9H2,1H3,(H,19,20,23). The molecule has 3 rings (SSSR count). The van der Waals surface area contributed by atoms with Crippen molar-refractivity contribution >= 4 is 23.5 Å². The average Bonchev–Trinajstić information content (AvgIpc) is 3.11. The van der Waals surface area contributed by atoms with E-state index in [1.54, 1.807) is 28.1 Å². The van der Waals surface area contributed by atoms with Crippen LogP contribution in [0.1, 0.15) is 11.1 Å². The summed E-state index contributed by atoms with van der Waals surface area (Å²) < 4.78 is 3.21. The van der Waals surface area contributed by atoms with Crippen LogP contribution in [0.3, 0.4) is 0 Å². The Bertz CT molecular complexity index is 807. The van der Waals surface area contributed by atoms with Gasteiger partial charge in [-0.2, -0.15) is 5.10 Å². The second kappa shape index (κ2) is 6.62. The van der Waals surface area contributed by atoms with Crippen LogP contribution in [-0.4, -0.2) is 30.5 Å². The number of amides is 1. The number of anilines is 1. The van der Waals surface area contributed by atoms with Gasteiger partial charge in [-0.05, 0) is 30.2 Å². The van der Waals surface area contributed by atoms with E-state index in [0.29, 0.717) is 11.6 Å². The molecule has 0 saturated carbocycles. The third-order valence-electron chi connectivity index (χ3n) is 3.11. The number of halogens is 1. The van der Waals surface area contributed by atoms with Crippen molar-refractivity contribution in [2.45, 2.75) is 20.0 Å². The lowest BCUT2D eigenvalue weighted by Gasteiger charge is -2.02. The van der Waals surface area contributed by atoms with E-state index in [4.69, 9.17) is 11.6 Å². The molecular formula is C15H15ClN6O. The zero-order valence-electron chi connectivity index (χ0n) is 12.5. The van der Waals surface area contributed by atoms with Crippen molar-refractivity contribution in [1.29, 1.82) is 0 Å². The van der Waals surface area contributed by atoms with E-state index < -0.39 is 0 Å². The number of hydrogen-bond acceptors (Lipinski definition) is 4. The van der Waals surface area contributed by atoms with Crippen molar-refractivity contribution in [2.24, 2.45) is 0 Å². The number of aryl methyl sites for hydroxylation is 1. The highest BCUT2D eigenvalue weighted by Gasteiger charge is 2.08. The van der Waals surface area contributed by atoms with Crippen molar-refractivity contribution in [1.82, 2.24) is 24.5 Å². The molecule has 0 aliphatic carbocycles. The summed E-state index contributed by atoms with van der Waals surface area (Å²) >= 11 is 5.85. The molecule has 0 aliphatic heterocycles. The summed E-state index contributed by atoms with van der Waals surface area (Å²) in [7, 11) is 0. The van der Waals surface area contributed by atoms with Crippen LogP contribution in [0, 0.1) is 6.92 Å². The highest BCUT2D eigenvalue weighted by atomic mass is 35.5. The number of nitrogens with one attached hydrogen (secondary N) is 1. The molecule has 1 aromatic carbocycles. The van der Waals surface area contributed by atoms with Gasteiger partial charge in [-0.25, -0.2) is 9.67 Å². The van der Waals surface area contributed by atoms with Crippen molar-refractivity contribution in [3.63, 3.8) is 0 Å². The third kappa shape index (κ3) is 4.17. The van der Waals surface area contributed by atoms with Crippen LogP contribution in [-0.2, 0) is 17.9 Å². The van der Waals surface area contributed by atoms with Gasteiger partial charge >= 0.3 is 0 Å². The summed E-state index contributed by atoms with van der Waals surface area (Å²) in [5.74, 6) is 0.0465. The third-order valence-corrected chi connectivity index (χ3v) is 3.37. The van der Waals surface area contributed by atoms with Crippen LogP contribution in [0.2, 0.25) is 5.02 Å². The molecule has 23 heavy (non-hydrogen) atoms. The molecule has 0 fully saturated rings. The number of aromatic nitrogens is 5. The quantitative estimate of drug-likeness (QED) is 0.777. The highest BCUT2D eigenvalue weighted by molar-refractivity contribution is 6.30. The molecule has 0 atom stereocenters. The first-order valence-corrected chi connectivity index (χ1v) is 7.39. The molecule has 1 N–H and O–H groups in total. The first-order chi connectivity index (χ1) is 11.1. The molecule has 0 saturated heterocycles. The molecule has 0 unspecified atom stereocenters. The molecule has 1 amide bonds. The minimum Gasteiger partial charge on any atom is -0.292 e. The fraction of sp³-hybridized carbons (Fsp3) is 0.200. The molecule has 0 spiro atoms. The first kappa shape index (κ1) is 15.2. The summed E-state index contributed by atoms with van der Waals surface area (Å²) in [6.07, 6.45) is 5.07. The Morgan fingerprint density at radius 1 is 1.26 bits per heavy atom. The fourth-order valence-corrected chi connectivity index (χ4v) is 2.20. The average molecular weight is 331 g/mol. The van der Waals surface area contributed by atoms with Gasteiger partial charge in [0.1, 0.15) is 12.9 Å². The normalized spacial score (nSPS) is 10.7. The summed E-state index contributed by atoms with van der Waals surface area (Å²) in [4.78, 5) is 16.0. The van der Waals surface area contributed by atoms with E-state index in [2.05, 4.69) is 20.5 Å². The van der Waals surface area contributed by atoms with E-state index in [-0.39, 0.29) is 18.4 Å². The topological polar surface area (TPSA) is 77.6 Å². The predicted octanol–water partition coefficient (Wildman–Crippen LogP) is 2.12. The van der Waals surface area contributed by atoms with Crippen LogP contribution in [0.4, 0.5) is 5.95 Å². The Labute approximate surface area is 137 Å². The minimum atomic E-state index is -0.225. The number of carbonyl (C=O) groups excluding carboxylic acids is 1. The van der Waals surface area contributed by atoms with Gasteiger partial charge in [0, 0.05) is 11.2 Å². The van der Waals surface area contributed by atoms with Crippen LogP contribution in [0.25, 0.3) is 0 Å². The highest BCUT2D eigenvalue weighted by Crippen LogP contribution is 2.10. The Morgan fingerprint density at radius 3 is 2.74 bits per heavy atom. The summed E-state index contributed by atoms with van der Waals surface area (Å²) in [6.45, 7) is 2.60. The Balaban J connectivity index is 1.58. The largest absolute Gasteiger partial charge is 0.292 e. The van der Waals surface area contributed by atoms with Crippen molar-refractivity contribution in [3.8, 4) is 0 Å². The van der Waals surface area contributed by atoms with Gasteiger partial charge in [-0.1, -0.05) is 23.7 Å². The summed E-state index contributed by atoms with van der Waals surface area (Å²) in [5.41, 5.74) is 2.05. The number of nitrogens with zero attached hydrogens (tertiary/aromatic N) is 5.